The zero-order valence-corrected chi connectivity index (χ0v) is 22.5. The van der Waals surface area contributed by atoms with E-state index in [0.717, 1.165) is 46.1 Å². The van der Waals surface area contributed by atoms with Gasteiger partial charge in [-0.15, -0.1) is 0 Å². The molecular formula is C35H32N2O3. The van der Waals surface area contributed by atoms with Gasteiger partial charge in [-0.05, 0) is 59.4 Å². The highest BCUT2D eigenvalue weighted by Gasteiger charge is 2.08. The normalized spacial score (nSPS) is 11.1. The third-order valence-electron chi connectivity index (χ3n) is 6.76. The number of rotatable bonds is 11. The van der Waals surface area contributed by atoms with Crippen LogP contribution in [0.15, 0.2) is 109 Å². The van der Waals surface area contributed by atoms with Crippen LogP contribution < -0.4 is 4.74 Å². The standard InChI is InChI=1S/C35H32N2O3/c1-2-37-25-33(31-17-15-29(16-18-31)27-7-4-3-5-8-27)36-34(37)23-12-26-10-13-28(14-11-26)30-19-21-32(22-20-30)40-24-6-9-35(38)39/h3-5,7-8,10-23,25H,2,6,9,24H2,1H3,(H,38,39). The van der Waals surface area contributed by atoms with Crippen LogP contribution in [0.3, 0.4) is 0 Å². The topological polar surface area (TPSA) is 64.4 Å². The molecule has 1 N–H and O–H groups in total. The highest BCUT2D eigenvalue weighted by Crippen LogP contribution is 2.26. The van der Waals surface area contributed by atoms with Gasteiger partial charge in [-0.25, -0.2) is 4.98 Å². The number of carboxylic acids is 1. The van der Waals surface area contributed by atoms with Gasteiger partial charge in [-0.3, -0.25) is 4.79 Å². The fourth-order valence-electron chi connectivity index (χ4n) is 4.53. The van der Waals surface area contributed by atoms with Gasteiger partial charge < -0.3 is 14.4 Å². The number of hydrogen-bond acceptors (Lipinski definition) is 3. The van der Waals surface area contributed by atoms with Crippen LogP contribution in [0.1, 0.15) is 31.2 Å². The number of carboxylic acid groups (broad SMARTS) is 1. The summed E-state index contributed by atoms with van der Waals surface area (Å²) in [6, 6.07) is 35.2. The number of aliphatic carboxylic acids is 1. The molecule has 0 aliphatic rings. The van der Waals surface area contributed by atoms with Crippen LogP contribution >= 0.6 is 0 Å². The molecule has 0 atom stereocenters. The average molecular weight is 529 g/mol. The summed E-state index contributed by atoms with van der Waals surface area (Å²) < 4.78 is 7.80. The highest BCUT2D eigenvalue weighted by molar-refractivity contribution is 5.73. The lowest BCUT2D eigenvalue weighted by molar-refractivity contribution is -0.137. The molecule has 0 unspecified atom stereocenters. The molecule has 0 radical (unpaired) electrons. The van der Waals surface area contributed by atoms with Crippen molar-refractivity contribution in [3.8, 4) is 39.3 Å². The Morgan fingerprint density at radius 2 is 1.35 bits per heavy atom. The molecule has 0 saturated carbocycles. The summed E-state index contributed by atoms with van der Waals surface area (Å²) in [5, 5.41) is 8.73. The second kappa shape index (κ2) is 12.8. The predicted molar refractivity (Wildman–Crippen MR) is 162 cm³/mol. The Kier molecular flexibility index (Phi) is 8.52. The maximum absolute atomic E-state index is 10.6. The van der Waals surface area contributed by atoms with Crippen molar-refractivity contribution in [2.75, 3.05) is 6.61 Å². The van der Waals surface area contributed by atoms with Gasteiger partial charge in [0.1, 0.15) is 11.6 Å². The minimum absolute atomic E-state index is 0.114. The second-order valence-electron chi connectivity index (χ2n) is 9.54. The molecule has 0 spiro atoms. The molecule has 0 amide bonds. The van der Waals surface area contributed by atoms with Crippen LogP contribution in [0, 0.1) is 0 Å². The van der Waals surface area contributed by atoms with Crippen LogP contribution in [0.25, 0.3) is 45.7 Å². The molecule has 0 saturated heterocycles. The van der Waals surface area contributed by atoms with Gasteiger partial charge in [-0.2, -0.15) is 0 Å². The number of carbonyl (C=O) groups is 1. The molecule has 40 heavy (non-hydrogen) atoms. The molecule has 5 heteroatoms. The molecule has 0 fully saturated rings. The summed E-state index contributed by atoms with van der Waals surface area (Å²) in [5.41, 5.74) is 7.78. The van der Waals surface area contributed by atoms with E-state index < -0.39 is 5.97 Å². The maximum atomic E-state index is 10.6. The Labute approximate surface area is 235 Å². The third kappa shape index (κ3) is 6.75. The average Bonchev–Trinajstić information content (AvgIpc) is 3.43. The summed E-state index contributed by atoms with van der Waals surface area (Å²) in [6.07, 6.45) is 6.88. The number of hydrogen-bond donors (Lipinski definition) is 1. The van der Waals surface area contributed by atoms with Gasteiger partial charge in [0.15, 0.2) is 0 Å². The summed E-state index contributed by atoms with van der Waals surface area (Å²) in [7, 11) is 0. The van der Waals surface area contributed by atoms with E-state index in [0.29, 0.717) is 13.0 Å². The van der Waals surface area contributed by atoms with E-state index in [2.05, 4.69) is 103 Å². The first kappa shape index (κ1) is 26.7. The lowest BCUT2D eigenvalue weighted by Crippen LogP contribution is -2.01. The Bertz CT molecular complexity index is 1570. The van der Waals surface area contributed by atoms with Gasteiger partial charge in [0.05, 0.1) is 12.3 Å². The van der Waals surface area contributed by atoms with Crippen molar-refractivity contribution in [2.45, 2.75) is 26.3 Å². The number of ether oxygens (including phenoxy) is 1. The molecule has 0 bridgehead atoms. The first-order valence-corrected chi connectivity index (χ1v) is 13.6. The molecule has 5 rings (SSSR count). The highest BCUT2D eigenvalue weighted by atomic mass is 16.5. The van der Waals surface area contributed by atoms with E-state index in [4.69, 9.17) is 14.8 Å². The lowest BCUT2D eigenvalue weighted by atomic mass is 10.0. The van der Waals surface area contributed by atoms with E-state index in [1.165, 1.54) is 11.1 Å². The smallest absolute Gasteiger partial charge is 0.303 e. The maximum Gasteiger partial charge on any atom is 0.303 e. The Hall–Kier alpha value is -4.90. The Morgan fingerprint density at radius 3 is 1.98 bits per heavy atom. The molecule has 200 valence electrons. The number of nitrogens with zero attached hydrogens (tertiary/aromatic N) is 2. The zero-order valence-electron chi connectivity index (χ0n) is 22.5. The van der Waals surface area contributed by atoms with E-state index in [1.54, 1.807) is 0 Å². The number of imidazole rings is 1. The lowest BCUT2D eigenvalue weighted by Gasteiger charge is -2.07. The van der Waals surface area contributed by atoms with E-state index in [1.807, 2.05) is 30.3 Å². The Morgan fingerprint density at radius 1 is 0.775 bits per heavy atom. The van der Waals surface area contributed by atoms with Crippen molar-refractivity contribution in [1.29, 1.82) is 0 Å². The van der Waals surface area contributed by atoms with E-state index >= 15 is 0 Å². The van der Waals surface area contributed by atoms with Gasteiger partial charge in [0.25, 0.3) is 0 Å². The zero-order chi connectivity index (χ0) is 27.7. The van der Waals surface area contributed by atoms with Crippen molar-refractivity contribution in [3.63, 3.8) is 0 Å². The first-order valence-electron chi connectivity index (χ1n) is 13.6. The summed E-state index contributed by atoms with van der Waals surface area (Å²) >= 11 is 0. The molecule has 1 heterocycles. The van der Waals surface area contributed by atoms with Crippen LogP contribution in [0.2, 0.25) is 0 Å². The Balaban J connectivity index is 1.23. The van der Waals surface area contributed by atoms with Crippen molar-refractivity contribution in [1.82, 2.24) is 9.55 Å². The van der Waals surface area contributed by atoms with Crippen molar-refractivity contribution < 1.29 is 14.6 Å². The largest absolute Gasteiger partial charge is 0.494 e. The van der Waals surface area contributed by atoms with Gasteiger partial charge in [0, 0.05) is 24.7 Å². The fourth-order valence-corrected chi connectivity index (χ4v) is 4.53. The van der Waals surface area contributed by atoms with Gasteiger partial charge in [-0.1, -0.05) is 97.1 Å². The summed E-state index contributed by atoms with van der Waals surface area (Å²) in [5.74, 6) is 0.863. The SMILES string of the molecule is CCn1cc(-c2ccc(-c3ccccc3)cc2)nc1C=Cc1ccc(-c2ccc(OCCCC(=O)O)cc2)cc1. The fraction of sp³-hybridized carbons (Fsp3) is 0.143. The number of aromatic nitrogens is 2. The summed E-state index contributed by atoms with van der Waals surface area (Å²) in [4.78, 5) is 15.5. The van der Waals surface area contributed by atoms with E-state index in [-0.39, 0.29) is 6.42 Å². The molecule has 5 nitrogen and oxygen atoms in total. The number of aryl methyl sites for hydroxylation is 1. The van der Waals surface area contributed by atoms with Gasteiger partial charge in [0.2, 0.25) is 0 Å². The third-order valence-corrected chi connectivity index (χ3v) is 6.76. The van der Waals surface area contributed by atoms with Crippen LogP contribution in [-0.4, -0.2) is 27.2 Å². The summed E-state index contributed by atoms with van der Waals surface area (Å²) in [6.45, 7) is 3.36. The molecule has 1 aromatic heterocycles. The molecule has 4 aromatic carbocycles. The van der Waals surface area contributed by atoms with Crippen molar-refractivity contribution in [2.24, 2.45) is 0 Å². The molecule has 5 aromatic rings. The minimum Gasteiger partial charge on any atom is -0.494 e. The predicted octanol–water partition coefficient (Wildman–Crippen LogP) is 8.32. The molecule has 0 aliphatic heterocycles. The van der Waals surface area contributed by atoms with Gasteiger partial charge >= 0.3 is 5.97 Å². The molecular weight excluding hydrogens is 496 g/mol. The monoisotopic (exact) mass is 528 g/mol. The van der Waals surface area contributed by atoms with Crippen LogP contribution in [0.5, 0.6) is 5.75 Å². The van der Waals surface area contributed by atoms with Crippen molar-refractivity contribution >= 4 is 18.1 Å². The quantitative estimate of drug-likeness (QED) is 0.175. The number of benzene rings is 4. The van der Waals surface area contributed by atoms with Crippen LogP contribution in [-0.2, 0) is 11.3 Å². The van der Waals surface area contributed by atoms with E-state index in [9.17, 15) is 4.79 Å². The molecule has 0 aliphatic carbocycles. The minimum atomic E-state index is -0.803. The van der Waals surface area contributed by atoms with Crippen LogP contribution in [0.4, 0.5) is 0 Å². The second-order valence-corrected chi connectivity index (χ2v) is 9.54. The van der Waals surface area contributed by atoms with Crippen molar-refractivity contribution in [3.05, 3.63) is 121 Å². The first-order chi connectivity index (χ1) is 19.6.